The van der Waals surface area contributed by atoms with E-state index in [1.165, 1.54) is 6.20 Å². The number of pyridine rings is 2. The van der Waals surface area contributed by atoms with Crippen molar-refractivity contribution in [3.63, 3.8) is 0 Å². The largest absolute Gasteiger partial charge is 0.461 e. The summed E-state index contributed by atoms with van der Waals surface area (Å²) in [4.78, 5) is 62.1. The quantitative estimate of drug-likeness (QED) is 0.0368. The van der Waals surface area contributed by atoms with Crippen LogP contribution in [0.3, 0.4) is 0 Å². The fraction of sp³-hybridized carbons (Fsp3) is 0.289. The number of esters is 1. The zero-order valence-electron chi connectivity index (χ0n) is 36.7. The minimum atomic E-state index is -1.27. The van der Waals surface area contributed by atoms with Crippen LogP contribution in [0.5, 0.6) is 0 Å². The van der Waals surface area contributed by atoms with E-state index in [1.807, 2.05) is 53.6 Å². The summed E-state index contributed by atoms with van der Waals surface area (Å²) in [6.45, 7) is 11.5. The molecule has 1 unspecified atom stereocenters. The summed E-state index contributed by atoms with van der Waals surface area (Å²) in [5, 5.41) is 35.4. The van der Waals surface area contributed by atoms with Gasteiger partial charge < -0.3 is 50.4 Å². The lowest BCUT2D eigenvalue weighted by molar-refractivity contribution is 0.0519. The number of aliphatic hydroxyl groups excluding tert-OH is 1. The summed E-state index contributed by atoms with van der Waals surface area (Å²) < 4.78 is 16.2. The fourth-order valence-electron chi connectivity index (χ4n) is 6.15. The molecule has 19 heteroatoms. The molecule has 0 aliphatic heterocycles. The molecular formula is C45H51N11O8. The number of urea groups is 1. The van der Waals surface area contributed by atoms with Gasteiger partial charge in [0, 0.05) is 66.0 Å². The van der Waals surface area contributed by atoms with Crippen LogP contribution in [0.25, 0.3) is 0 Å². The van der Waals surface area contributed by atoms with Gasteiger partial charge in [0.2, 0.25) is 6.35 Å². The molecule has 0 spiro atoms. The smallest absolute Gasteiger partial charge is 0.356 e. The molecular weight excluding hydrogens is 823 g/mol. The van der Waals surface area contributed by atoms with Crippen molar-refractivity contribution in [2.24, 2.45) is 0 Å². The monoisotopic (exact) mass is 873 g/mol. The topological polar surface area (TPSA) is 251 Å². The number of hydrogen-bond donors (Lipinski definition) is 7. The first-order valence-electron chi connectivity index (χ1n) is 20.2. The Kier molecular flexibility index (Phi) is 13.9. The third kappa shape index (κ3) is 12.2. The average Bonchev–Trinajstić information content (AvgIpc) is 3.93. The zero-order chi connectivity index (χ0) is 46.2. The van der Waals surface area contributed by atoms with Crippen molar-refractivity contribution in [3.05, 3.63) is 125 Å². The Morgan fingerprint density at radius 1 is 0.703 bits per heavy atom. The normalized spacial score (nSPS) is 11.8. The molecule has 7 N–H and O–H groups in total. The highest BCUT2D eigenvalue weighted by Crippen LogP contribution is 2.31. The average molecular weight is 874 g/mol. The second-order valence-electron chi connectivity index (χ2n) is 16.6. The number of rotatable bonds is 16. The van der Waals surface area contributed by atoms with Crippen LogP contribution < -0.4 is 36.8 Å². The van der Waals surface area contributed by atoms with E-state index in [9.17, 15) is 24.3 Å². The minimum absolute atomic E-state index is 0.0306. The van der Waals surface area contributed by atoms with Gasteiger partial charge in [-0.2, -0.15) is 0 Å². The molecule has 2 aromatic carbocycles. The number of carbonyl (C=O) groups is 4. The standard InChI is InChI=1S/C45H51N11O8/c1-9-62-41(59)33-21-26(20-32(51-33)40(58)48-29-13-17-31(18-14-29)49-42(60)52-36-22-34(63-54-36)44(2,3)4)24-45(5,6)35-23-37(55-64-35)53-43(61)50-30-15-11-28(12-16-30)47-39(57)27-10-19-38(46-25-27)56(7)8/h10-23,25,43,50,61H,9,24H2,1-8H3,(H,47,57)(H,48,58)(H,53,55)(H2,49,52,54,60). The third-order valence-electron chi connectivity index (χ3n) is 9.52. The predicted molar refractivity (Wildman–Crippen MR) is 242 cm³/mol. The van der Waals surface area contributed by atoms with E-state index >= 15 is 0 Å². The second-order valence-corrected chi connectivity index (χ2v) is 16.6. The van der Waals surface area contributed by atoms with E-state index in [-0.39, 0.29) is 47.4 Å². The van der Waals surface area contributed by atoms with Crippen LogP contribution in [0.15, 0.2) is 100 Å². The van der Waals surface area contributed by atoms with E-state index in [4.69, 9.17) is 13.8 Å². The zero-order valence-corrected chi connectivity index (χ0v) is 36.7. The van der Waals surface area contributed by atoms with Crippen molar-refractivity contribution in [1.29, 1.82) is 0 Å². The van der Waals surface area contributed by atoms with Gasteiger partial charge in [-0.25, -0.2) is 19.6 Å². The van der Waals surface area contributed by atoms with Crippen LogP contribution >= 0.6 is 0 Å². The Morgan fingerprint density at radius 2 is 1.28 bits per heavy atom. The molecule has 6 rings (SSSR count). The molecule has 0 saturated carbocycles. The lowest BCUT2D eigenvalue weighted by Gasteiger charge is -2.22. The predicted octanol–water partition coefficient (Wildman–Crippen LogP) is 7.46. The molecule has 0 aliphatic carbocycles. The number of ether oxygens (including phenoxy) is 1. The fourth-order valence-corrected chi connectivity index (χ4v) is 6.15. The highest BCUT2D eigenvalue weighted by atomic mass is 16.5. The van der Waals surface area contributed by atoms with Gasteiger partial charge in [0.25, 0.3) is 11.8 Å². The molecule has 0 saturated heterocycles. The summed E-state index contributed by atoms with van der Waals surface area (Å²) in [5.74, 6) is 0.735. The first kappa shape index (κ1) is 45.7. The SMILES string of the molecule is CCOC(=O)c1cc(CC(C)(C)c2cc(NC(O)Nc3ccc(NC(=O)c4ccc(N(C)C)nc4)cc3)no2)cc(C(=O)Nc2ccc(NC(=O)Nc3cc(C(C)(C)C)on3)cc2)n1. The number of benzene rings is 2. The summed E-state index contributed by atoms with van der Waals surface area (Å²) in [7, 11) is 3.73. The van der Waals surface area contributed by atoms with Gasteiger partial charge in [-0.1, -0.05) is 44.9 Å². The van der Waals surface area contributed by atoms with Crippen LogP contribution in [0, 0.1) is 0 Å². The van der Waals surface area contributed by atoms with Crippen LogP contribution in [0.4, 0.5) is 45.0 Å². The van der Waals surface area contributed by atoms with Crippen molar-refractivity contribution in [3.8, 4) is 0 Å². The van der Waals surface area contributed by atoms with Gasteiger partial charge in [-0.3, -0.25) is 14.9 Å². The molecule has 334 valence electrons. The molecule has 0 aliphatic rings. The number of nitrogens with zero attached hydrogens (tertiary/aromatic N) is 5. The summed E-state index contributed by atoms with van der Waals surface area (Å²) in [6.07, 6.45) is 0.526. The van der Waals surface area contributed by atoms with E-state index in [0.29, 0.717) is 45.4 Å². The molecule has 19 nitrogen and oxygen atoms in total. The van der Waals surface area contributed by atoms with Gasteiger partial charge in [0.1, 0.15) is 28.7 Å². The first-order valence-corrected chi connectivity index (χ1v) is 20.2. The number of nitrogens with one attached hydrogen (secondary N) is 6. The van der Waals surface area contributed by atoms with Crippen molar-refractivity contribution in [2.75, 3.05) is 57.5 Å². The molecule has 4 heterocycles. The maximum atomic E-state index is 13.5. The Balaban J connectivity index is 1.05. The maximum Gasteiger partial charge on any atom is 0.356 e. The number of aliphatic hydroxyl groups is 1. The van der Waals surface area contributed by atoms with Crippen LogP contribution in [0.2, 0.25) is 0 Å². The Morgan fingerprint density at radius 3 is 1.88 bits per heavy atom. The maximum absolute atomic E-state index is 13.5. The number of anilines is 7. The number of hydrogen-bond acceptors (Lipinski definition) is 15. The molecule has 64 heavy (non-hydrogen) atoms. The van der Waals surface area contributed by atoms with E-state index in [0.717, 1.165) is 5.82 Å². The molecule has 0 radical (unpaired) electrons. The lowest BCUT2D eigenvalue weighted by atomic mass is 9.83. The van der Waals surface area contributed by atoms with Crippen molar-refractivity contribution >= 4 is 64.0 Å². The van der Waals surface area contributed by atoms with E-state index in [1.54, 1.807) is 91.9 Å². The first-order chi connectivity index (χ1) is 30.3. The second kappa shape index (κ2) is 19.5. The highest BCUT2D eigenvalue weighted by molar-refractivity contribution is 6.05. The molecule has 0 bridgehead atoms. The van der Waals surface area contributed by atoms with Crippen LogP contribution in [0.1, 0.15) is 90.0 Å². The summed E-state index contributed by atoms with van der Waals surface area (Å²) in [6, 6.07) is 22.6. The van der Waals surface area contributed by atoms with E-state index < -0.39 is 29.7 Å². The molecule has 6 aromatic rings. The third-order valence-corrected chi connectivity index (χ3v) is 9.52. The Hall–Kier alpha value is -7.80. The Labute approximate surface area is 369 Å². The summed E-state index contributed by atoms with van der Waals surface area (Å²) in [5.41, 5.74) is 1.89. The highest BCUT2D eigenvalue weighted by Gasteiger charge is 2.29. The minimum Gasteiger partial charge on any atom is -0.461 e. The van der Waals surface area contributed by atoms with E-state index in [2.05, 4.69) is 52.2 Å². The van der Waals surface area contributed by atoms with Crippen molar-refractivity contribution in [1.82, 2.24) is 20.3 Å². The van der Waals surface area contributed by atoms with Crippen molar-refractivity contribution < 1.29 is 38.1 Å². The van der Waals surface area contributed by atoms with Crippen molar-refractivity contribution in [2.45, 2.75) is 65.1 Å². The van der Waals surface area contributed by atoms with Gasteiger partial charge in [-0.15, -0.1) is 0 Å². The summed E-state index contributed by atoms with van der Waals surface area (Å²) >= 11 is 0. The lowest BCUT2D eigenvalue weighted by Crippen LogP contribution is -2.28. The molecule has 4 amide bonds. The van der Waals surface area contributed by atoms with Gasteiger partial charge in [0.15, 0.2) is 11.6 Å². The number of amides is 4. The number of carbonyl (C=O) groups excluding carboxylic acids is 4. The number of aromatic nitrogens is 4. The Bertz CT molecular complexity index is 2580. The van der Waals surface area contributed by atoms with Crippen LogP contribution in [-0.2, 0) is 22.0 Å². The molecule has 4 aromatic heterocycles. The van der Waals surface area contributed by atoms with Gasteiger partial charge in [-0.05, 0) is 91.7 Å². The molecule has 0 fully saturated rings. The van der Waals surface area contributed by atoms with Crippen LogP contribution in [-0.4, -0.2) is 76.3 Å². The molecule has 1 atom stereocenters. The van der Waals surface area contributed by atoms with Gasteiger partial charge >= 0.3 is 12.0 Å². The van der Waals surface area contributed by atoms with Gasteiger partial charge in [0.05, 0.1) is 12.2 Å².